The highest BCUT2D eigenvalue weighted by molar-refractivity contribution is 7.89. The van der Waals surface area contributed by atoms with Crippen LogP contribution in [0.2, 0.25) is 5.02 Å². The molecule has 3 fully saturated rings. The van der Waals surface area contributed by atoms with Crippen molar-refractivity contribution in [1.29, 1.82) is 0 Å². The molecule has 1 saturated carbocycles. The molecule has 0 bridgehead atoms. The Balaban J connectivity index is 1.33. The molecule has 0 unspecified atom stereocenters. The Bertz CT molecular complexity index is 719. The van der Waals surface area contributed by atoms with Gasteiger partial charge in [-0.1, -0.05) is 36.6 Å². The first-order valence-corrected chi connectivity index (χ1v) is 11.6. The zero-order chi connectivity index (χ0) is 18.1. The second-order valence-electron chi connectivity index (χ2n) is 7.96. The van der Waals surface area contributed by atoms with Crippen molar-refractivity contribution in [3.63, 3.8) is 0 Å². The number of morpholine rings is 1. The number of ether oxygens (including phenoxy) is 1. The summed E-state index contributed by atoms with van der Waals surface area (Å²) in [5.41, 5.74) is 1.12. The maximum absolute atomic E-state index is 12.5. The summed E-state index contributed by atoms with van der Waals surface area (Å²) in [5.74, 6) is 0.632. The highest BCUT2D eigenvalue weighted by Gasteiger charge is 2.39. The summed E-state index contributed by atoms with van der Waals surface area (Å²) in [6, 6.07) is 8.08. The van der Waals surface area contributed by atoms with Crippen molar-refractivity contribution >= 4 is 21.6 Å². The Kier molecular flexibility index (Phi) is 5.58. The molecule has 0 radical (unpaired) electrons. The molecule has 1 N–H and O–H groups in total. The first-order chi connectivity index (χ1) is 12.5. The number of nitrogens with zero attached hydrogens (tertiary/aromatic N) is 1. The van der Waals surface area contributed by atoms with Gasteiger partial charge in [-0.05, 0) is 42.9 Å². The van der Waals surface area contributed by atoms with E-state index in [0.29, 0.717) is 18.6 Å². The smallest absolute Gasteiger partial charge is 0.212 e. The molecule has 3 aliphatic rings. The number of sulfonamides is 1. The number of nitrogens with one attached hydrogen (secondary N) is 1. The molecule has 1 aromatic rings. The summed E-state index contributed by atoms with van der Waals surface area (Å²) in [6.45, 7) is 2.21. The predicted octanol–water partition coefficient (Wildman–Crippen LogP) is 2.96. The topological polar surface area (TPSA) is 58.6 Å². The molecule has 0 amide bonds. The number of hydrogen-bond acceptors (Lipinski definition) is 4. The third-order valence-corrected chi connectivity index (χ3v) is 7.79. The molecule has 0 spiro atoms. The Morgan fingerprint density at radius 2 is 1.88 bits per heavy atom. The van der Waals surface area contributed by atoms with Crippen molar-refractivity contribution in [2.45, 2.75) is 50.3 Å². The molecular formula is C19H27ClN2O3S. The van der Waals surface area contributed by atoms with Crippen LogP contribution in [0.3, 0.4) is 0 Å². The highest BCUT2D eigenvalue weighted by Crippen LogP contribution is 2.31. The van der Waals surface area contributed by atoms with Crippen LogP contribution in [0.1, 0.15) is 43.8 Å². The molecule has 2 aliphatic heterocycles. The van der Waals surface area contributed by atoms with E-state index in [0.717, 1.165) is 42.9 Å². The van der Waals surface area contributed by atoms with Crippen molar-refractivity contribution in [3.8, 4) is 0 Å². The molecule has 1 aromatic carbocycles. The third kappa shape index (κ3) is 4.42. The molecule has 26 heavy (non-hydrogen) atoms. The minimum absolute atomic E-state index is 0.000953. The minimum atomic E-state index is -3.19. The maximum atomic E-state index is 12.5. The lowest BCUT2D eigenvalue weighted by molar-refractivity contribution is -0.0502. The van der Waals surface area contributed by atoms with E-state index in [1.807, 2.05) is 24.3 Å². The first kappa shape index (κ1) is 18.7. The van der Waals surface area contributed by atoms with Crippen molar-refractivity contribution in [3.05, 3.63) is 34.9 Å². The van der Waals surface area contributed by atoms with E-state index in [1.54, 1.807) is 0 Å². The van der Waals surface area contributed by atoms with Gasteiger partial charge in [0.2, 0.25) is 10.0 Å². The average molecular weight is 399 g/mol. The Labute approximate surface area is 161 Å². The Morgan fingerprint density at radius 3 is 2.62 bits per heavy atom. The summed E-state index contributed by atoms with van der Waals surface area (Å²) in [7, 11) is -3.19. The fourth-order valence-electron chi connectivity index (χ4n) is 4.63. The molecular weight excluding hydrogens is 372 g/mol. The molecule has 144 valence electrons. The van der Waals surface area contributed by atoms with E-state index in [9.17, 15) is 8.42 Å². The normalized spacial score (nSPS) is 30.6. The lowest BCUT2D eigenvalue weighted by Crippen LogP contribution is -2.43. The van der Waals surface area contributed by atoms with E-state index in [2.05, 4.69) is 9.62 Å². The van der Waals surface area contributed by atoms with Gasteiger partial charge in [0.05, 0.1) is 18.5 Å². The maximum Gasteiger partial charge on any atom is 0.212 e. The molecule has 7 heteroatoms. The van der Waals surface area contributed by atoms with Gasteiger partial charge in [-0.25, -0.2) is 13.1 Å². The quantitative estimate of drug-likeness (QED) is 0.828. The number of benzene rings is 1. The standard InChI is InChI=1S/C19H27ClN2O3S/c20-16-7-5-15(6-8-16)19-11-22-10-17(9-18(22)12-25-19)21-26(23,24)13-14-3-1-2-4-14/h5-8,14,17-19,21H,1-4,9-13H2/t17-,18-,19+/m0/s1. The monoisotopic (exact) mass is 398 g/mol. The lowest BCUT2D eigenvalue weighted by atomic mass is 10.1. The van der Waals surface area contributed by atoms with Crippen LogP contribution in [-0.4, -0.2) is 50.9 Å². The second-order valence-corrected chi connectivity index (χ2v) is 10.2. The van der Waals surface area contributed by atoms with Crippen LogP contribution in [0.5, 0.6) is 0 Å². The number of rotatable bonds is 5. The van der Waals surface area contributed by atoms with Crippen molar-refractivity contribution in [2.24, 2.45) is 5.92 Å². The van der Waals surface area contributed by atoms with E-state index in [-0.39, 0.29) is 17.9 Å². The number of halogens is 1. The summed E-state index contributed by atoms with van der Waals surface area (Å²) >= 11 is 5.96. The Morgan fingerprint density at radius 1 is 1.15 bits per heavy atom. The molecule has 1 aliphatic carbocycles. The molecule has 5 nitrogen and oxygen atoms in total. The molecule has 3 atom stereocenters. The van der Waals surface area contributed by atoms with Crippen LogP contribution in [0.15, 0.2) is 24.3 Å². The molecule has 0 aromatic heterocycles. The SMILES string of the molecule is O=S(=O)(CC1CCCC1)N[C@H]1C[C@H]2CO[C@@H](c3ccc(Cl)cc3)CN2C1. The van der Waals surface area contributed by atoms with Gasteiger partial charge in [0, 0.05) is 30.2 Å². The number of hydrogen-bond donors (Lipinski definition) is 1. The summed E-state index contributed by atoms with van der Waals surface area (Å²) in [6.07, 6.45) is 5.30. The van der Waals surface area contributed by atoms with Crippen molar-refractivity contribution in [2.75, 3.05) is 25.4 Å². The van der Waals surface area contributed by atoms with Gasteiger partial charge in [0.15, 0.2) is 0 Å². The molecule has 2 heterocycles. The van der Waals surface area contributed by atoms with Crippen molar-refractivity contribution < 1.29 is 13.2 Å². The lowest BCUT2D eigenvalue weighted by Gasteiger charge is -2.35. The van der Waals surface area contributed by atoms with Gasteiger partial charge in [0.25, 0.3) is 0 Å². The zero-order valence-electron chi connectivity index (χ0n) is 14.9. The fraction of sp³-hybridized carbons (Fsp3) is 0.684. The van der Waals surface area contributed by atoms with Crippen LogP contribution in [0.25, 0.3) is 0 Å². The van der Waals surface area contributed by atoms with Crippen LogP contribution in [-0.2, 0) is 14.8 Å². The Hall–Kier alpha value is -0.660. The van der Waals surface area contributed by atoms with Gasteiger partial charge < -0.3 is 4.74 Å². The second kappa shape index (κ2) is 7.76. The summed E-state index contributed by atoms with van der Waals surface area (Å²) in [5, 5.41) is 0.723. The van der Waals surface area contributed by atoms with Gasteiger partial charge in [-0.2, -0.15) is 0 Å². The zero-order valence-corrected chi connectivity index (χ0v) is 16.5. The first-order valence-electron chi connectivity index (χ1n) is 9.59. The van der Waals surface area contributed by atoms with E-state index >= 15 is 0 Å². The van der Waals surface area contributed by atoms with Crippen LogP contribution >= 0.6 is 11.6 Å². The molecule has 4 rings (SSSR count). The summed E-state index contributed by atoms with van der Waals surface area (Å²) in [4.78, 5) is 2.37. The molecule has 2 saturated heterocycles. The minimum Gasteiger partial charge on any atom is -0.371 e. The largest absolute Gasteiger partial charge is 0.371 e. The summed E-state index contributed by atoms with van der Waals surface area (Å²) < 4.78 is 34.0. The van der Waals surface area contributed by atoms with E-state index < -0.39 is 10.0 Å². The predicted molar refractivity (Wildman–Crippen MR) is 103 cm³/mol. The van der Waals surface area contributed by atoms with Crippen molar-refractivity contribution in [1.82, 2.24) is 9.62 Å². The highest BCUT2D eigenvalue weighted by atomic mass is 35.5. The van der Waals surface area contributed by atoms with Crippen LogP contribution in [0, 0.1) is 5.92 Å². The van der Waals surface area contributed by atoms with Gasteiger partial charge in [-0.15, -0.1) is 0 Å². The van der Waals surface area contributed by atoms with Gasteiger partial charge >= 0.3 is 0 Å². The average Bonchev–Trinajstić information content (AvgIpc) is 3.22. The van der Waals surface area contributed by atoms with Crippen LogP contribution in [0.4, 0.5) is 0 Å². The van der Waals surface area contributed by atoms with E-state index in [4.69, 9.17) is 16.3 Å². The number of fused-ring (bicyclic) bond motifs is 1. The fourth-order valence-corrected chi connectivity index (χ4v) is 6.48. The third-order valence-electron chi connectivity index (χ3n) is 5.94. The van der Waals surface area contributed by atoms with Gasteiger partial charge in [0.1, 0.15) is 0 Å². The van der Waals surface area contributed by atoms with E-state index in [1.165, 1.54) is 12.8 Å². The van der Waals surface area contributed by atoms with Crippen LogP contribution < -0.4 is 4.72 Å². The van der Waals surface area contributed by atoms with Gasteiger partial charge in [-0.3, -0.25) is 4.90 Å².